The molecule has 0 bridgehead atoms. The quantitative estimate of drug-likeness (QED) is 0.660. The van der Waals surface area contributed by atoms with E-state index in [9.17, 15) is 9.59 Å². The van der Waals surface area contributed by atoms with Crippen LogP contribution in [0.15, 0.2) is 12.4 Å². The highest BCUT2D eigenvalue weighted by molar-refractivity contribution is 5.96. The lowest BCUT2D eigenvalue weighted by Crippen LogP contribution is -2.52. The van der Waals surface area contributed by atoms with Gasteiger partial charge in [0.15, 0.2) is 6.04 Å². The number of aromatic nitrogens is 2. The van der Waals surface area contributed by atoms with Crippen LogP contribution in [0.3, 0.4) is 0 Å². The van der Waals surface area contributed by atoms with Gasteiger partial charge in [0.2, 0.25) is 0 Å². The van der Waals surface area contributed by atoms with Crippen LogP contribution in [0.4, 0.5) is 0 Å². The number of amides is 1. The first kappa shape index (κ1) is 12.6. The summed E-state index contributed by atoms with van der Waals surface area (Å²) >= 11 is 0. The summed E-state index contributed by atoms with van der Waals surface area (Å²) in [5, 5.41) is 3.94. The maximum Gasteiger partial charge on any atom is 0.331 e. The maximum atomic E-state index is 12.3. The molecule has 1 saturated heterocycles. The zero-order valence-electron chi connectivity index (χ0n) is 10.3. The molecule has 1 aliphatic rings. The van der Waals surface area contributed by atoms with Crippen molar-refractivity contribution in [2.75, 3.05) is 26.9 Å². The van der Waals surface area contributed by atoms with Crippen molar-refractivity contribution in [3.05, 3.63) is 18.0 Å². The van der Waals surface area contributed by atoms with E-state index in [0.717, 1.165) is 0 Å². The third-order valence-electron chi connectivity index (χ3n) is 2.81. The molecular formula is C11H15N3O4. The predicted octanol–water partition coefficient (Wildman–Crippen LogP) is -0.566. The van der Waals surface area contributed by atoms with Crippen LogP contribution in [0.2, 0.25) is 0 Å². The Labute approximate surface area is 104 Å². The van der Waals surface area contributed by atoms with Gasteiger partial charge in [0, 0.05) is 19.8 Å². The van der Waals surface area contributed by atoms with Gasteiger partial charge in [-0.05, 0) is 0 Å². The van der Waals surface area contributed by atoms with Gasteiger partial charge in [-0.15, -0.1) is 0 Å². The average molecular weight is 253 g/mol. The second kappa shape index (κ2) is 5.18. The van der Waals surface area contributed by atoms with Crippen molar-refractivity contribution in [1.82, 2.24) is 14.7 Å². The number of hydrogen-bond donors (Lipinski definition) is 0. The Morgan fingerprint density at radius 2 is 2.33 bits per heavy atom. The lowest BCUT2D eigenvalue weighted by atomic mass is 10.2. The van der Waals surface area contributed by atoms with E-state index in [0.29, 0.717) is 18.7 Å². The maximum absolute atomic E-state index is 12.3. The summed E-state index contributed by atoms with van der Waals surface area (Å²) in [5.41, 5.74) is 0.452. The van der Waals surface area contributed by atoms with E-state index in [1.165, 1.54) is 18.2 Å². The molecule has 7 heteroatoms. The van der Waals surface area contributed by atoms with E-state index in [1.54, 1.807) is 17.9 Å². The topological polar surface area (TPSA) is 73.7 Å². The first-order valence-corrected chi connectivity index (χ1v) is 5.58. The van der Waals surface area contributed by atoms with Gasteiger partial charge in [-0.2, -0.15) is 5.10 Å². The molecule has 0 saturated carbocycles. The van der Waals surface area contributed by atoms with Gasteiger partial charge in [0.05, 0.1) is 32.1 Å². The molecule has 7 nitrogen and oxygen atoms in total. The molecule has 1 aliphatic heterocycles. The number of methoxy groups -OCH3 is 1. The zero-order chi connectivity index (χ0) is 13.1. The fraction of sp³-hybridized carbons (Fsp3) is 0.545. The van der Waals surface area contributed by atoms with Crippen LogP contribution in [-0.4, -0.2) is 59.5 Å². The fourth-order valence-electron chi connectivity index (χ4n) is 1.88. The van der Waals surface area contributed by atoms with E-state index < -0.39 is 12.0 Å². The van der Waals surface area contributed by atoms with Gasteiger partial charge in [-0.3, -0.25) is 9.48 Å². The Morgan fingerprint density at radius 1 is 1.56 bits per heavy atom. The summed E-state index contributed by atoms with van der Waals surface area (Å²) in [4.78, 5) is 25.3. The molecule has 1 aromatic heterocycles. The molecule has 1 atom stereocenters. The van der Waals surface area contributed by atoms with E-state index in [-0.39, 0.29) is 12.5 Å². The number of hydrogen-bond acceptors (Lipinski definition) is 5. The van der Waals surface area contributed by atoms with Crippen molar-refractivity contribution in [2.24, 2.45) is 7.05 Å². The van der Waals surface area contributed by atoms with Crippen molar-refractivity contribution >= 4 is 11.9 Å². The molecule has 1 amide bonds. The molecule has 0 aliphatic carbocycles. The highest BCUT2D eigenvalue weighted by Crippen LogP contribution is 2.13. The molecule has 18 heavy (non-hydrogen) atoms. The lowest BCUT2D eigenvalue weighted by Gasteiger charge is -2.33. The molecule has 0 N–H and O–H groups in total. The Bertz CT molecular complexity index is 457. The van der Waals surface area contributed by atoms with Gasteiger partial charge >= 0.3 is 5.97 Å². The van der Waals surface area contributed by atoms with Crippen molar-refractivity contribution in [2.45, 2.75) is 6.04 Å². The number of carbonyl (C=O) groups is 2. The number of rotatable bonds is 2. The molecule has 0 aromatic carbocycles. The van der Waals surface area contributed by atoms with E-state index in [1.807, 2.05) is 0 Å². The molecule has 0 radical (unpaired) electrons. The Hall–Kier alpha value is -1.89. The second-order valence-corrected chi connectivity index (χ2v) is 4.02. The zero-order valence-corrected chi connectivity index (χ0v) is 10.3. The van der Waals surface area contributed by atoms with Crippen molar-refractivity contribution in [3.63, 3.8) is 0 Å². The van der Waals surface area contributed by atoms with Crippen LogP contribution in [0.5, 0.6) is 0 Å². The second-order valence-electron chi connectivity index (χ2n) is 4.02. The monoisotopic (exact) mass is 253 g/mol. The molecule has 2 rings (SSSR count). The Balaban J connectivity index is 2.18. The first-order valence-electron chi connectivity index (χ1n) is 5.58. The smallest absolute Gasteiger partial charge is 0.331 e. The number of carbonyl (C=O) groups excluding carboxylic acids is 2. The van der Waals surface area contributed by atoms with Crippen molar-refractivity contribution in [3.8, 4) is 0 Å². The SMILES string of the molecule is COC(=O)C1COCCN1C(=O)c1cnn(C)c1. The third-order valence-corrected chi connectivity index (χ3v) is 2.81. The van der Waals surface area contributed by atoms with E-state index >= 15 is 0 Å². The van der Waals surface area contributed by atoms with Crippen LogP contribution >= 0.6 is 0 Å². The average Bonchev–Trinajstić information content (AvgIpc) is 2.83. The summed E-state index contributed by atoms with van der Waals surface area (Å²) < 4.78 is 11.4. The Morgan fingerprint density at radius 3 is 2.94 bits per heavy atom. The van der Waals surface area contributed by atoms with Crippen LogP contribution in [0.1, 0.15) is 10.4 Å². The number of morpholine rings is 1. The van der Waals surface area contributed by atoms with Crippen LogP contribution < -0.4 is 0 Å². The highest BCUT2D eigenvalue weighted by Gasteiger charge is 2.34. The van der Waals surface area contributed by atoms with Gasteiger partial charge < -0.3 is 14.4 Å². The van der Waals surface area contributed by atoms with Crippen molar-refractivity contribution < 1.29 is 19.1 Å². The van der Waals surface area contributed by atoms with Crippen molar-refractivity contribution in [1.29, 1.82) is 0 Å². The molecule has 0 spiro atoms. The number of esters is 1. The van der Waals surface area contributed by atoms with Crippen LogP contribution in [0.25, 0.3) is 0 Å². The van der Waals surface area contributed by atoms with E-state index in [4.69, 9.17) is 4.74 Å². The molecule has 98 valence electrons. The Kier molecular flexibility index (Phi) is 3.61. The van der Waals surface area contributed by atoms with Gasteiger partial charge in [-0.1, -0.05) is 0 Å². The molecule has 2 heterocycles. The molecule has 1 aromatic rings. The lowest BCUT2D eigenvalue weighted by molar-refractivity contribution is -0.151. The highest BCUT2D eigenvalue weighted by atomic mass is 16.5. The minimum Gasteiger partial charge on any atom is -0.467 e. The minimum atomic E-state index is -0.684. The predicted molar refractivity (Wildman–Crippen MR) is 60.9 cm³/mol. The number of aryl methyl sites for hydroxylation is 1. The van der Waals surface area contributed by atoms with Gasteiger partial charge in [0.25, 0.3) is 5.91 Å². The van der Waals surface area contributed by atoms with E-state index in [2.05, 4.69) is 9.84 Å². The first-order chi connectivity index (χ1) is 8.63. The van der Waals surface area contributed by atoms with Crippen LogP contribution in [0, 0.1) is 0 Å². The largest absolute Gasteiger partial charge is 0.467 e. The standard InChI is InChI=1S/C11H15N3O4/c1-13-6-8(5-12-13)10(15)14-3-4-18-7-9(14)11(16)17-2/h5-6,9H,3-4,7H2,1-2H3. The normalized spacial score (nSPS) is 19.7. The van der Waals surface area contributed by atoms with Gasteiger partial charge in [0.1, 0.15) is 0 Å². The molecular weight excluding hydrogens is 238 g/mol. The number of ether oxygens (including phenoxy) is 2. The molecule has 1 unspecified atom stereocenters. The summed E-state index contributed by atoms with van der Waals surface area (Å²) in [6.45, 7) is 0.950. The molecule has 1 fully saturated rings. The fourth-order valence-corrected chi connectivity index (χ4v) is 1.88. The van der Waals surface area contributed by atoms with Gasteiger partial charge in [-0.25, -0.2) is 4.79 Å². The summed E-state index contributed by atoms with van der Waals surface area (Å²) in [7, 11) is 3.03. The summed E-state index contributed by atoms with van der Waals surface area (Å²) in [6.07, 6.45) is 3.10. The summed E-state index contributed by atoms with van der Waals surface area (Å²) in [5.74, 6) is -0.700. The van der Waals surface area contributed by atoms with Crippen LogP contribution in [-0.2, 0) is 21.3 Å². The minimum absolute atomic E-state index is 0.165. The summed E-state index contributed by atoms with van der Waals surface area (Å²) in [6, 6.07) is -0.684. The number of nitrogens with zero attached hydrogens (tertiary/aromatic N) is 3. The third kappa shape index (κ3) is 2.35.